The van der Waals surface area contributed by atoms with E-state index in [0.717, 1.165) is 12.1 Å². The number of aryl methyl sites for hydroxylation is 1. The number of nitrogens with zero attached hydrogens (tertiary/aromatic N) is 1. The van der Waals surface area contributed by atoms with Gasteiger partial charge in [0.25, 0.3) is 15.9 Å². The van der Waals surface area contributed by atoms with Gasteiger partial charge in [0, 0.05) is 16.4 Å². The first-order valence-corrected chi connectivity index (χ1v) is 9.43. The van der Waals surface area contributed by atoms with Gasteiger partial charge in [-0.3, -0.25) is 9.52 Å². The zero-order chi connectivity index (χ0) is 19.6. The van der Waals surface area contributed by atoms with E-state index < -0.39 is 26.6 Å². The molecule has 2 N–H and O–H groups in total. The van der Waals surface area contributed by atoms with E-state index in [1.165, 1.54) is 36.5 Å². The minimum atomic E-state index is -4.13. The maximum Gasteiger partial charge on any atom is 0.264 e. The third kappa shape index (κ3) is 4.26. The number of hydrogen-bond acceptors (Lipinski definition) is 5. The Morgan fingerprint density at radius 2 is 1.81 bits per heavy atom. The van der Waals surface area contributed by atoms with Crippen LogP contribution in [-0.2, 0) is 10.0 Å². The number of aromatic nitrogens is 1. The highest BCUT2D eigenvalue weighted by Gasteiger charge is 2.19. The third-order valence-electron chi connectivity index (χ3n) is 3.57. The normalized spacial score (nSPS) is 11.2. The van der Waals surface area contributed by atoms with Crippen LogP contribution < -0.4 is 10.0 Å². The number of anilines is 2. The molecule has 0 spiro atoms. The van der Waals surface area contributed by atoms with Crippen LogP contribution in [0.4, 0.5) is 15.8 Å². The molecular weight excluding hydrogens is 397 g/mol. The van der Waals surface area contributed by atoms with E-state index in [1.807, 2.05) is 0 Å². The number of hydrogen-bond donors (Lipinski definition) is 2. The topological polar surface area (TPSA) is 101 Å². The highest BCUT2D eigenvalue weighted by Crippen LogP contribution is 2.23. The van der Waals surface area contributed by atoms with Crippen molar-refractivity contribution in [3.63, 3.8) is 0 Å². The number of halogens is 2. The van der Waals surface area contributed by atoms with Crippen molar-refractivity contribution in [2.24, 2.45) is 0 Å². The number of benzene rings is 2. The van der Waals surface area contributed by atoms with Crippen molar-refractivity contribution in [3.8, 4) is 0 Å². The largest absolute Gasteiger partial charge is 0.361 e. The van der Waals surface area contributed by atoms with Crippen LogP contribution in [0.3, 0.4) is 0 Å². The van der Waals surface area contributed by atoms with Gasteiger partial charge in [-0.2, -0.15) is 0 Å². The summed E-state index contributed by atoms with van der Waals surface area (Å²) in [6.07, 6.45) is 1.30. The lowest BCUT2D eigenvalue weighted by Gasteiger charge is -2.10. The fourth-order valence-corrected chi connectivity index (χ4v) is 3.52. The molecule has 0 aliphatic rings. The highest BCUT2D eigenvalue weighted by molar-refractivity contribution is 7.92. The number of carbonyl (C=O) groups excluding carboxylic acids is 1. The van der Waals surface area contributed by atoms with Gasteiger partial charge in [0.2, 0.25) is 0 Å². The van der Waals surface area contributed by atoms with E-state index in [-0.39, 0.29) is 16.3 Å². The molecule has 0 aliphatic heterocycles. The van der Waals surface area contributed by atoms with Crippen molar-refractivity contribution in [2.45, 2.75) is 11.8 Å². The zero-order valence-corrected chi connectivity index (χ0v) is 15.4. The lowest BCUT2D eigenvalue weighted by atomic mass is 10.2. The van der Waals surface area contributed by atoms with Crippen LogP contribution in [0.5, 0.6) is 0 Å². The fraction of sp³-hybridized carbons (Fsp3) is 0.0588. The molecule has 140 valence electrons. The Kier molecular flexibility index (Phi) is 5.15. The van der Waals surface area contributed by atoms with Gasteiger partial charge in [-0.15, -0.1) is 0 Å². The van der Waals surface area contributed by atoms with Crippen molar-refractivity contribution in [1.29, 1.82) is 0 Å². The second kappa shape index (κ2) is 7.37. The predicted molar refractivity (Wildman–Crippen MR) is 97.9 cm³/mol. The molecule has 7 nitrogen and oxygen atoms in total. The third-order valence-corrected chi connectivity index (χ3v) is 5.22. The molecule has 0 unspecified atom stereocenters. The monoisotopic (exact) mass is 409 g/mol. The first kappa shape index (κ1) is 18.9. The first-order chi connectivity index (χ1) is 12.8. The van der Waals surface area contributed by atoms with Gasteiger partial charge < -0.3 is 9.84 Å². The van der Waals surface area contributed by atoms with Gasteiger partial charge in [0.15, 0.2) is 0 Å². The van der Waals surface area contributed by atoms with Gasteiger partial charge in [-0.05, 0) is 49.4 Å². The number of carbonyl (C=O) groups is 1. The van der Waals surface area contributed by atoms with E-state index in [9.17, 15) is 17.6 Å². The van der Waals surface area contributed by atoms with Gasteiger partial charge >= 0.3 is 0 Å². The second-order valence-electron chi connectivity index (χ2n) is 5.51. The number of nitrogens with one attached hydrogen (secondary N) is 2. The minimum absolute atomic E-state index is 0.0922. The van der Waals surface area contributed by atoms with Crippen LogP contribution in [0.25, 0.3) is 0 Å². The Morgan fingerprint density at radius 3 is 2.41 bits per heavy atom. The number of amides is 1. The van der Waals surface area contributed by atoms with Crippen LogP contribution in [-0.4, -0.2) is 19.5 Å². The van der Waals surface area contributed by atoms with Gasteiger partial charge in [0.05, 0.1) is 6.20 Å². The van der Waals surface area contributed by atoms with Crippen LogP contribution in [0.2, 0.25) is 5.02 Å². The average molecular weight is 410 g/mol. The van der Waals surface area contributed by atoms with Crippen LogP contribution in [0.1, 0.15) is 16.1 Å². The maximum atomic E-state index is 13.9. The summed E-state index contributed by atoms with van der Waals surface area (Å²) in [5.74, 6) is -0.991. The summed E-state index contributed by atoms with van der Waals surface area (Å²) in [5, 5.41) is 6.25. The van der Waals surface area contributed by atoms with Crippen molar-refractivity contribution in [1.82, 2.24) is 5.16 Å². The van der Waals surface area contributed by atoms with E-state index in [2.05, 4.69) is 15.2 Å². The summed E-state index contributed by atoms with van der Waals surface area (Å²) in [4.78, 5) is 11.6. The van der Waals surface area contributed by atoms with E-state index >= 15 is 0 Å². The molecule has 2 aromatic carbocycles. The minimum Gasteiger partial charge on any atom is -0.361 e. The highest BCUT2D eigenvalue weighted by atomic mass is 35.5. The molecule has 1 amide bonds. The van der Waals surface area contributed by atoms with Gasteiger partial charge in [0.1, 0.15) is 22.0 Å². The fourth-order valence-electron chi connectivity index (χ4n) is 2.24. The standard InChI is InChI=1S/C17H13ClFN3O4S/c1-10-14(9-20-26-10)17(23)21-12-3-5-13(6-4-12)22-27(24,25)16-7-2-11(18)8-15(16)19/h2-9,22H,1H3,(H,21,23). The Bertz CT molecular complexity index is 1100. The lowest BCUT2D eigenvalue weighted by molar-refractivity contribution is 0.102. The second-order valence-corrected chi connectivity index (χ2v) is 7.59. The summed E-state index contributed by atoms with van der Waals surface area (Å²) in [6.45, 7) is 1.61. The molecule has 3 aromatic rings. The van der Waals surface area contributed by atoms with Gasteiger partial charge in [-0.1, -0.05) is 16.8 Å². The van der Waals surface area contributed by atoms with Crippen molar-refractivity contribution in [3.05, 3.63) is 70.8 Å². The van der Waals surface area contributed by atoms with Crippen molar-refractivity contribution >= 4 is 38.9 Å². The van der Waals surface area contributed by atoms with E-state index in [1.54, 1.807) is 6.92 Å². The summed E-state index contributed by atoms with van der Waals surface area (Å²) in [6, 6.07) is 9.14. The molecule has 0 saturated heterocycles. The SMILES string of the molecule is Cc1oncc1C(=O)Nc1ccc(NS(=O)(=O)c2ccc(Cl)cc2F)cc1. The molecular formula is C17H13ClFN3O4S. The summed E-state index contributed by atoms with van der Waals surface area (Å²) < 4.78 is 45.6. The summed E-state index contributed by atoms with van der Waals surface area (Å²) in [5.41, 5.74) is 0.919. The molecule has 0 fully saturated rings. The molecule has 3 rings (SSSR count). The van der Waals surface area contributed by atoms with E-state index in [0.29, 0.717) is 11.4 Å². The predicted octanol–water partition coefficient (Wildman–Crippen LogP) is 3.83. The molecule has 27 heavy (non-hydrogen) atoms. The van der Waals surface area contributed by atoms with E-state index in [4.69, 9.17) is 16.1 Å². The Hall–Kier alpha value is -2.91. The quantitative estimate of drug-likeness (QED) is 0.666. The summed E-state index contributed by atoms with van der Waals surface area (Å²) >= 11 is 5.63. The molecule has 0 bridgehead atoms. The van der Waals surface area contributed by atoms with Gasteiger partial charge in [-0.25, -0.2) is 12.8 Å². The van der Waals surface area contributed by atoms with Crippen LogP contribution in [0, 0.1) is 12.7 Å². The molecule has 0 radical (unpaired) electrons. The smallest absolute Gasteiger partial charge is 0.264 e. The van der Waals surface area contributed by atoms with Crippen molar-refractivity contribution in [2.75, 3.05) is 10.0 Å². The maximum absolute atomic E-state index is 13.9. The number of rotatable bonds is 5. The lowest BCUT2D eigenvalue weighted by Crippen LogP contribution is -2.15. The Morgan fingerprint density at radius 1 is 1.15 bits per heavy atom. The molecule has 1 heterocycles. The zero-order valence-electron chi connectivity index (χ0n) is 13.9. The first-order valence-electron chi connectivity index (χ1n) is 7.57. The molecule has 0 atom stereocenters. The molecule has 0 saturated carbocycles. The number of sulfonamides is 1. The molecule has 0 aliphatic carbocycles. The summed E-state index contributed by atoms with van der Waals surface area (Å²) in [7, 11) is -4.13. The molecule has 10 heteroatoms. The van der Waals surface area contributed by atoms with Crippen LogP contribution in [0.15, 0.2) is 58.1 Å². The van der Waals surface area contributed by atoms with Crippen molar-refractivity contribution < 1.29 is 22.1 Å². The molecule has 1 aromatic heterocycles. The Labute approximate surface area is 159 Å². The van der Waals surface area contributed by atoms with Crippen LogP contribution >= 0.6 is 11.6 Å². The Balaban J connectivity index is 1.74. The average Bonchev–Trinajstić information content (AvgIpc) is 3.02.